The van der Waals surface area contributed by atoms with Gasteiger partial charge in [0.2, 0.25) is 0 Å². The van der Waals surface area contributed by atoms with E-state index in [1.54, 1.807) is 11.3 Å². The van der Waals surface area contributed by atoms with Crippen LogP contribution < -0.4 is 4.74 Å². The standard InChI is InChI=1S/C25H30N2O2S/c1-3-4-7-17-28-21-10-8-9-19(18-21)24(29-20-13-15-27(2)16-14-20)25-26-22-11-5-6-12-23(22)30-25/h3,5-6,8-12,18,20,24H,1,4,7,13-17H2,2H3. The van der Waals surface area contributed by atoms with Crippen molar-refractivity contribution >= 4 is 21.6 Å². The van der Waals surface area contributed by atoms with Crippen molar-refractivity contribution in [1.29, 1.82) is 0 Å². The summed E-state index contributed by atoms with van der Waals surface area (Å²) in [4.78, 5) is 7.28. The molecule has 1 unspecified atom stereocenters. The Hall–Kier alpha value is -2.21. The largest absolute Gasteiger partial charge is 0.494 e. The average Bonchev–Trinajstić information content (AvgIpc) is 3.20. The number of unbranched alkanes of at least 4 members (excludes halogenated alkanes) is 1. The van der Waals surface area contributed by atoms with E-state index in [2.05, 4.69) is 54.9 Å². The number of piperidine rings is 1. The van der Waals surface area contributed by atoms with E-state index in [1.165, 1.54) is 4.70 Å². The second kappa shape index (κ2) is 10.2. The fourth-order valence-electron chi connectivity index (χ4n) is 3.78. The van der Waals surface area contributed by atoms with Crippen LogP contribution >= 0.6 is 11.3 Å². The van der Waals surface area contributed by atoms with E-state index in [0.29, 0.717) is 6.61 Å². The summed E-state index contributed by atoms with van der Waals surface area (Å²) in [6.07, 6.45) is 6.04. The molecule has 0 spiro atoms. The van der Waals surface area contributed by atoms with Crippen LogP contribution in [0.25, 0.3) is 10.2 Å². The molecule has 2 heterocycles. The van der Waals surface area contributed by atoms with Crippen molar-refractivity contribution in [1.82, 2.24) is 9.88 Å². The Morgan fingerprint density at radius 2 is 2.03 bits per heavy atom. The number of allylic oxidation sites excluding steroid dienone is 1. The molecule has 1 aliphatic rings. The van der Waals surface area contributed by atoms with Gasteiger partial charge in [-0.05, 0) is 62.6 Å². The van der Waals surface area contributed by atoms with Crippen molar-refractivity contribution < 1.29 is 9.47 Å². The number of nitrogens with zero attached hydrogens (tertiary/aromatic N) is 2. The van der Waals surface area contributed by atoms with E-state index in [1.807, 2.05) is 18.2 Å². The third-order valence-corrected chi connectivity index (χ3v) is 6.59. The zero-order chi connectivity index (χ0) is 20.8. The fourth-order valence-corrected chi connectivity index (χ4v) is 4.81. The molecular formula is C25H30N2O2S. The number of ether oxygens (including phenoxy) is 2. The van der Waals surface area contributed by atoms with Gasteiger partial charge in [-0.25, -0.2) is 4.98 Å². The lowest BCUT2D eigenvalue weighted by atomic mass is 10.1. The number of aromatic nitrogens is 1. The molecule has 3 aromatic rings. The van der Waals surface area contributed by atoms with Crippen LogP contribution in [0.1, 0.15) is 42.4 Å². The summed E-state index contributed by atoms with van der Waals surface area (Å²) < 4.78 is 13.9. The first-order valence-electron chi connectivity index (χ1n) is 10.8. The van der Waals surface area contributed by atoms with Crippen LogP contribution in [-0.4, -0.2) is 42.7 Å². The van der Waals surface area contributed by atoms with Gasteiger partial charge in [-0.1, -0.05) is 30.3 Å². The molecule has 0 amide bonds. The molecule has 0 saturated carbocycles. The van der Waals surface area contributed by atoms with E-state index >= 15 is 0 Å². The van der Waals surface area contributed by atoms with Crippen molar-refractivity contribution in [2.45, 2.75) is 37.9 Å². The first-order valence-corrected chi connectivity index (χ1v) is 11.6. The Labute approximate surface area is 183 Å². The summed E-state index contributed by atoms with van der Waals surface area (Å²) in [5.74, 6) is 0.884. The third kappa shape index (κ3) is 5.28. The quantitative estimate of drug-likeness (QED) is 0.320. The number of para-hydroxylation sites is 1. The Balaban J connectivity index is 1.58. The van der Waals surface area contributed by atoms with Crippen LogP contribution in [-0.2, 0) is 4.74 Å². The van der Waals surface area contributed by atoms with Gasteiger partial charge in [-0.15, -0.1) is 17.9 Å². The summed E-state index contributed by atoms with van der Waals surface area (Å²) in [5, 5.41) is 1.01. The Bertz CT molecular complexity index is 929. The van der Waals surface area contributed by atoms with Crippen LogP contribution in [0.5, 0.6) is 5.75 Å². The van der Waals surface area contributed by atoms with Crippen molar-refractivity contribution in [3.05, 3.63) is 71.8 Å². The predicted octanol–water partition coefficient (Wildman–Crippen LogP) is 5.84. The minimum atomic E-state index is -0.174. The molecule has 0 radical (unpaired) electrons. The first-order chi connectivity index (χ1) is 14.7. The normalized spacial score (nSPS) is 16.6. The molecule has 1 aliphatic heterocycles. The maximum atomic E-state index is 6.69. The van der Waals surface area contributed by atoms with E-state index in [4.69, 9.17) is 14.5 Å². The molecule has 0 aliphatic carbocycles. The van der Waals surface area contributed by atoms with Gasteiger partial charge in [0.25, 0.3) is 0 Å². The van der Waals surface area contributed by atoms with Crippen LogP contribution in [0, 0.1) is 0 Å². The number of thiazole rings is 1. The maximum absolute atomic E-state index is 6.69. The molecule has 1 atom stereocenters. The summed E-state index contributed by atoms with van der Waals surface area (Å²) in [5.41, 5.74) is 2.14. The van der Waals surface area contributed by atoms with Crippen LogP contribution in [0.3, 0.4) is 0 Å². The zero-order valence-electron chi connectivity index (χ0n) is 17.6. The van der Waals surface area contributed by atoms with Crippen molar-refractivity contribution in [2.24, 2.45) is 0 Å². The molecule has 5 heteroatoms. The van der Waals surface area contributed by atoms with E-state index in [0.717, 1.165) is 60.6 Å². The lowest BCUT2D eigenvalue weighted by Gasteiger charge is -2.31. The Morgan fingerprint density at radius 1 is 1.20 bits per heavy atom. The number of benzene rings is 2. The number of hydrogen-bond acceptors (Lipinski definition) is 5. The second-order valence-corrected chi connectivity index (χ2v) is 8.95. The van der Waals surface area contributed by atoms with Crippen molar-refractivity contribution in [2.75, 3.05) is 26.7 Å². The highest BCUT2D eigenvalue weighted by molar-refractivity contribution is 7.18. The molecule has 0 N–H and O–H groups in total. The number of hydrogen-bond donors (Lipinski definition) is 0. The molecule has 4 nitrogen and oxygen atoms in total. The monoisotopic (exact) mass is 422 g/mol. The second-order valence-electron chi connectivity index (χ2n) is 7.89. The Kier molecular flexibility index (Phi) is 7.16. The number of likely N-dealkylation sites (tertiary alicyclic amines) is 1. The van der Waals surface area contributed by atoms with E-state index in [-0.39, 0.29) is 12.2 Å². The summed E-state index contributed by atoms with van der Waals surface area (Å²) in [6, 6.07) is 16.6. The molecule has 1 fully saturated rings. The third-order valence-electron chi connectivity index (χ3n) is 5.51. The van der Waals surface area contributed by atoms with Crippen LogP contribution in [0.2, 0.25) is 0 Å². The molecule has 2 aromatic carbocycles. The zero-order valence-corrected chi connectivity index (χ0v) is 18.4. The fraction of sp³-hybridized carbons (Fsp3) is 0.400. The predicted molar refractivity (Wildman–Crippen MR) is 124 cm³/mol. The summed E-state index contributed by atoms with van der Waals surface area (Å²) in [6.45, 7) is 6.61. The van der Waals surface area contributed by atoms with Gasteiger partial charge in [-0.3, -0.25) is 0 Å². The lowest BCUT2D eigenvalue weighted by Crippen LogP contribution is -2.35. The van der Waals surface area contributed by atoms with Crippen molar-refractivity contribution in [3.8, 4) is 5.75 Å². The highest BCUT2D eigenvalue weighted by Gasteiger charge is 2.26. The highest BCUT2D eigenvalue weighted by atomic mass is 32.1. The maximum Gasteiger partial charge on any atom is 0.135 e. The molecule has 4 rings (SSSR count). The smallest absolute Gasteiger partial charge is 0.135 e. The van der Waals surface area contributed by atoms with Crippen LogP contribution in [0.4, 0.5) is 0 Å². The van der Waals surface area contributed by atoms with Crippen LogP contribution in [0.15, 0.2) is 61.2 Å². The lowest BCUT2D eigenvalue weighted by molar-refractivity contribution is -0.0235. The molecule has 0 bridgehead atoms. The molecule has 158 valence electrons. The van der Waals surface area contributed by atoms with E-state index < -0.39 is 0 Å². The van der Waals surface area contributed by atoms with Gasteiger partial charge in [0, 0.05) is 13.1 Å². The average molecular weight is 423 g/mol. The van der Waals surface area contributed by atoms with Gasteiger partial charge in [0.15, 0.2) is 0 Å². The highest BCUT2D eigenvalue weighted by Crippen LogP contribution is 2.36. The SMILES string of the molecule is C=CCCCOc1cccc(C(OC2CCN(C)CC2)c2nc3ccccc3s2)c1. The number of rotatable bonds is 9. The van der Waals surface area contributed by atoms with Gasteiger partial charge in [0.05, 0.1) is 22.9 Å². The minimum Gasteiger partial charge on any atom is -0.494 e. The first kappa shape index (κ1) is 21.0. The Morgan fingerprint density at radius 3 is 2.83 bits per heavy atom. The molecular weight excluding hydrogens is 392 g/mol. The van der Waals surface area contributed by atoms with Crippen molar-refractivity contribution in [3.63, 3.8) is 0 Å². The summed E-state index contributed by atoms with van der Waals surface area (Å²) >= 11 is 1.72. The van der Waals surface area contributed by atoms with Gasteiger partial charge < -0.3 is 14.4 Å². The minimum absolute atomic E-state index is 0.174. The molecule has 30 heavy (non-hydrogen) atoms. The number of fused-ring (bicyclic) bond motifs is 1. The molecule has 1 aromatic heterocycles. The molecule has 1 saturated heterocycles. The topological polar surface area (TPSA) is 34.6 Å². The van der Waals surface area contributed by atoms with Gasteiger partial charge in [-0.2, -0.15) is 0 Å². The van der Waals surface area contributed by atoms with Gasteiger partial charge >= 0.3 is 0 Å². The summed E-state index contributed by atoms with van der Waals surface area (Å²) in [7, 11) is 2.18. The van der Waals surface area contributed by atoms with E-state index in [9.17, 15) is 0 Å². The van der Waals surface area contributed by atoms with Gasteiger partial charge in [0.1, 0.15) is 16.9 Å².